The van der Waals surface area contributed by atoms with Gasteiger partial charge in [0.2, 0.25) is 5.88 Å². The number of hydrogen-bond acceptors (Lipinski definition) is 6. The van der Waals surface area contributed by atoms with Gasteiger partial charge in [-0.15, -0.1) is 0 Å². The van der Waals surface area contributed by atoms with Crippen LogP contribution in [0.3, 0.4) is 0 Å². The SMILES string of the molecule is CN(C(=O)c1ccc(C(F)(F)F)cc1)c1ccc(Oc2ccc3c(c2)cc(C(=O)N2CCN(Cc4ccc(OC(F)F)cc4)CC2)n3C)nc1. The van der Waals surface area contributed by atoms with Gasteiger partial charge in [-0.1, -0.05) is 12.1 Å². The number of pyridine rings is 1. The molecule has 0 spiro atoms. The van der Waals surface area contributed by atoms with Crippen LogP contribution in [0.15, 0.2) is 91.1 Å². The van der Waals surface area contributed by atoms with E-state index in [9.17, 15) is 31.5 Å². The van der Waals surface area contributed by atoms with Crippen LogP contribution in [0.2, 0.25) is 0 Å². The molecule has 9 nitrogen and oxygen atoms in total. The van der Waals surface area contributed by atoms with Gasteiger partial charge in [-0.2, -0.15) is 22.0 Å². The number of alkyl halides is 5. The number of piperazine rings is 1. The lowest BCUT2D eigenvalue weighted by Crippen LogP contribution is -2.48. The largest absolute Gasteiger partial charge is 0.439 e. The Morgan fingerprint density at radius 3 is 2.18 bits per heavy atom. The first-order valence-electron chi connectivity index (χ1n) is 15.6. The third-order valence-electron chi connectivity index (χ3n) is 8.54. The molecule has 5 aromatic rings. The maximum absolute atomic E-state index is 13.5. The molecule has 0 bridgehead atoms. The van der Waals surface area contributed by atoms with Gasteiger partial charge in [-0.25, -0.2) is 4.98 Å². The summed E-state index contributed by atoms with van der Waals surface area (Å²) in [5.41, 5.74) is 2.01. The molecular formula is C36H32F5N5O4. The second-order valence-electron chi connectivity index (χ2n) is 11.8. The van der Waals surface area contributed by atoms with Gasteiger partial charge in [0.1, 0.15) is 17.2 Å². The molecule has 0 unspecified atom stereocenters. The highest BCUT2D eigenvalue weighted by atomic mass is 19.4. The fourth-order valence-electron chi connectivity index (χ4n) is 5.77. The van der Waals surface area contributed by atoms with Crippen LogP contribution in [0.4, 0.5) is 27.6 Å². The second kappa shape index (κ2) is 14.2. The van der Waals surface area contributed by atoms with Gasteiger partial charge in [-0.3, -0.25) is 14.5 Å². The average molecular weight is 694 g/mol. The van der Waals surface area contributed by atoms with E-state index in [1.165, 1.54) is 30.3 Å². The third-order valence-corrected chi connectivity index (χ3v) is 8.54. The molecule has 0 radical (unpaired) electrons. The highest BCUT2D eigenvalue weighted by Gasteiger charge is 2.30. The molecule has 1 aliphatic rings. The van der Waals surface area contributed by atoms with E-state index in [0.717, 1.165) is 40.7 Å². The molecule has 50 heavy (non-hydrogen) atoms. The molecule has 260 valence electrons. The molecule has 1 fully saturated rings. The molecule has 1 aliphatic heterocycles. The molecule has 2 aromatic heterocycles. The van der Waals surface area contributed by atoms with Crippen molar-refractivity contribution in [3.63, 3.8) is 0 Å². The number of hydrogen-bond donors (Lipinski definition) is 0. The van der Waals surface area contributed by atoms with Crippen molar-refractivity contribution in [2.45, 2.75) is 19.3 Å². The number of fused-ring (bicyclic) bond motifs is 1. The van der Waals surface area contributed by atoms with Crippen molar-refractivity contribution in [3.8, 4) is 17.4 Å². The van der Waals surface area contributed by atoms with Crippen molar-refractivity contribution in [2.75, 3.05) is 38.1 Å². The molecule has 3 heterocycles. The minimum atomic E-state index is -4.49. The lowest BCUT2D eigenvalue weighted by molar-refractivity contribution is -0.137. The van der Waals surface area contributed by atoms with E-state index in [1.807, 2.05) is 28.6 Å². The zero-order chi connectivity index (χ0) is 35.6. The normalized spacial score (nSPS) is 13.9. The van der Waals surface area contributed by atoms with Gasteiger partial charge in [0.25, 0.3) is 11.8 Å². The lowest BCUT2D eigenvalue weighted by Gasteiger charge is -2.34. The predicted molar refractivity (Wildman–Crippen MR) is 176 cm³/mol. The van der Waals surface area contributed by atoms with Crippen LogP contribution in [0.5, 0.6) is 17.4 Å². The molecule has 0 aliphatic carbocycles. The molecule has 0 atom stereocenters. The van der Waals surface area contributed by atoms with E-state index < -0.39 is 24.3 Å². The molecule has 6 rings (SSSR count). The van der Waals surface area contributed by atoms with Crippen LogP contribution >= 0.6 is 0 Å². The summed E-state index contributed by atoms with van der Waals surface area (Å²) >= 11 is 0. The lowest BCUT2D eigenvalue weighted by atomic mass is 10.1. The Labute approximate surface area is 284 Å². The first-order valence-corrected chi connectivity index (χ1v) is 15.6. The Morgan fingerprint density at radius 1 is 0.880 bits per heavy atom. The number of carbonyl (C=O) groups is 2. The van der Waals surface area contributed by atoms with E-state index in [-0.39, 0.29) is 23.1 Å². The highest BCUT2D eigenvalue weighted by Crippen LogP contribution is 2.31. The van der Waals surface area contributed by atoms with E-state index in [4.69, 9.17) is 4.74 Å². The summed E-state index contributed by atoms with van der Waals surface area (Å²) in [7, 11) is 3.33. The summed E-state index contributed by atoms with van der Waals surface area (Å²) in [5, 5.41) is 0.796. The summed E-state index contributed by atoms with van der Waals surface area (Å²) in [6.45, 7) is 0.154. The van der Waals surface area contributed by atoms with Gasteiger partial charge in [0, 0.05) is 69.4 Å². The third kappa shape index (κ3) is 7.70. The Morgan fingerprint density at radius 2 is 1.56 bits per heavy atom. The Bertz CT molecular complexity index is 1970. The van der Waals surface area contributed by atoms with Crippen LogP contribution in [0.1, 0.15) is 32.0 Å². The van der Waals surface area contributed by atoms with E-state index in [1.54, 1.807) is 36.4 Å². The number of nitrogens with zero attached hydrogens (tertiary/aromatic N) is 5. The zero-order valence-electron chi connectivity index (χ0n) is 27.0. The number of benzene rings is 3. The molecule has 0 N–H and O–H groups in total. The van der Waals surface area contributed by atoms with Gasteiger partial charge in [0.15, 0.2) is 0 Å². The van der Waals surface area contributed by atoms with Crippen LogP contribution in [0, 0.1) is 0 Å². The van der Waals surface area contributed by atoms with Crippen LogP contribution in [0.25, 0.3) is 10.9 Å². The standard InChI is InChI=1S/C36H32F5N5O4/c1-43(33(47)24-5-7-26(8-6-24)36(39,40)41)27-9-14-32(42-21-27)49-29-12-13-30-25(19-29)20-31(44(30)2)34(48)46-17-15-45(16-18-46)22-23-3-10-28(11-4-23)50-35(37)38/h3-14,19-21,35H,15-18,22H2,1-2H3. The minimum Gasteiger partial charge on any atom is -0.439 e. The van der Waals surface area contributed by atoms with Crippen molar-refractivity contribution < 1.29 is 41.0 Å². The maximum Gasteiger partial charge on any atom is 0.416 e. The van der Waals surface area contributed by atoms with Crippen LogP contribution < -0.4 is 14.4 Å². The molecular weight excluding hydrogens is 661 g/mol. The fraction of sp³-hybridized carbons (Fsp3) is 0.250. The van der Waals surface area contributed by atoms with Crippen molar-refractivity contribution in [3.05, 3.63) is 114 Å². The first kappa shape index (κ1) is 34.4. The average Bonchev–Trinajstić information content (AvgIpc) is 3.43. The van der Waals surface area contributed by atoms with Gasteiger partial charge < -0.3 is 23.8 Å². The zero-order valence-corrected chi connectivity index (χ0v) is 27.0. The minimum absolute atomic E-state index is 0.0912. The van der Waals surface area contributed by atoms with Crippen LogP contribution in [-0.2, 0) is 19.8 Å². The van der Waals surface area contributed by atoms with Gasteiger partial charge >= 0.3 is 12.8 Å². The molecule has 2 amide bonds. The fourth-order valence-corrected chi connectivity index (χ4v) is 5.77. The van der Waals surface area contributed by atoms with Crippen molar-refractivity contribution in [1.29, 1.82) is 0 Å². The van der Waals surface area contributed by atoms with Crippen LogP contribution in [-0.4, -0.2) is 71.0 Å². The highest BCUT2D eigenvalue weighted by molar-refractivity contribution is 6.05. The molecule has 3 aromatic carbocycles. The predicted octanol–water partition coefficient (Wildman–Crippen LogP) is 7.22. The van der Waals surface area contributed by atoms with Crippen molar-refractivity contribution in [2.24, 2.45) is 7.05 Å². The summed E-state index contributed by atoms with van der Waals surface area (Å²) in [5.74, 6) is 0.264. The number of halogens is 5. The Kier molecular flexibility index (Phi) is 9.73. The summed E-state index contributed by atoms with van der Waals surface area (Å²) in [6, 6.07) is 21.0. The number of aryl methyl sites for hydroxylation is 1. The maximum atomic E-state index is 13.5. The van der Waals surface area contributed by atoms with E-state index in [0.29, 0.717) is 49.9 Å². The number of rotatable bonds is 9. The van der Waals surface area contributed by atoms with Gasteiger partial charge in [-0.05, 0) is 72.3 Å². The van der Waals surface area contributed by atoms with Crippen molar-refractivity contribution >= 4 is 28.4 Å². The topological polar surface area (TPSA) is 80.1 Å². The summed E-state index contributed by atoms with van der Waals surface area (Å²) < 4.78 is 75.7. The molecule has 0 saturated carbocycles. The summed E-state index contributed by atoms with van der Waals surface area (Å²) in [6.07, 6.45) is -3.07. The smallest absolute Gasteiger partial charge is 0.416 e. The van der Waals surface area contributed by atoms with Crippen molar-refractivity contribution in [1.82, 2.24) is 19.4 Å². The van der Waals surface area contributed by atoms with E-state index in [2.05, 4.69) is 14.6 Å². The molecule has 14 heteroatoms. The monoisotopic (exact) mass is 693 g/mol. The quantitative estimate of drug-likeness (QED) is 0.152. The number of anilines is 1. The van der Waals surface area contributed by atoms with Gasteiger partial charge in [0.05, 0.1) is 17.4 Å². The number of ether oxygens (including phenoxy) is 2. The Hall–Kier alpha value is -5.50. The van der Waals surface area contributed by atoms with E-state index >= 15 is 0 Å². The number of amides is 2. The number of aromatic nitrogens is 2. The second-order valence-corrected chi connectivity index (χ2v) is 11.8. The first-order chi connectivity index (χ1) is 23.9. The number of carbonyl (C=O) groups excluding carboxylic acids is 2. The molecule has 1 saturated heterocycles. The Balaban J connectivity index is 1.05. The summed E-state index contributed by atoms with van der Waals surface area (Å²) in [4.78, 5) is 36.0.